The Morgan fingerprint density at radius 1 is 1.30 bits per heavy atom. The van der Waals surface area contributed by atoms with E-state index in [2.05, 4.69) is 31.5 Å². The molecular formula is C17H20BrCl2FN4O2. The molecule has 2 amide bonds. The molecule has 3 rings (SSSR count). The van der Waals surface area contributed by atoms with Crippen molar-refractivity contribution in [3.63, 3.8) is 0 Å². The lowest BCUT2D eigenvalue weighted by Gasteiger charge is -2.30. The van der Waals surface area contributed by atoms with Crippen LogP contribution in [0, 0.1) is 5.82 Å². The second-order valence-electron chi connectivity index (χ2n) is 5.54. The highest BCUT2D eigenvalue weighted by Crippen LogP contribution is 2.24. The number of hydrogen-bond acceptors (Lipinski definition) is 4. The molecule has 1 atom stereocenters. The molecule has 27 heavy (non-hydrogen) atoms. The van der Waals surface area contributed by atoms with Crippen molar-refractivity contribution < 1.29 is 13.9 Å². The Balaban J connectivity index is 0.00000182. The number of hydrogen-bond donors (Lipinski definition) is 2. The van der Waals surface area contributed by atoms with Crippen LogP contribution in [0.4, 0.5) is 9.18 Å². The average molecular weight is 482 g/mol. The zero-order valence-electron chi connectivity index (χ0n) is 14.2. The van der Waals surface area contributed by atoms with Gasteiger partial charge in [-0.15, -0.1) is 24.8 Å². The number of carbonyl (C=O) groups is 1. The molecule has 0 radical (unpaired) electrons. The van der Waals surface area contributed by atoms with Gasteiger partial charge >= 0.3 is 6.03 Å². The minimum Gasteiger partial charge on any atom is -0.465 e. The molecule has 1 aromatic carbocycles. The van der Waals surface area contributed by atoms with Crippen LogP contribution in [0.3, 0.4) is 0 Å². The number of benzene rings is 1. The summed E-state index contributed by atoms with van der Waals surface area (Å²) >= 11 is 3.23. The first-order valence-electron chi connectivity index (χ1n) is 7.91. The van der Waals surface area contributed by atoms with Gasteiger partial charge in [0.25, 0.3) is 0 Å². The van der Waals surface area contributed by atoms with Crippen molar-refractivity contribution in [1.82, 2.24) is 20.5 Å². The van der Waals surface area contributed by atoms with Crippen LogP contribution in [-0.2, 0) is 0 Å². The zero-order valence-corrected chi connectivity index (χ0v) is 17.4. The van der Waals surface area contributed by atoms with Gasteiger partial charge in [0, 0.05) is 42.4 Å². The van der Waals surface area contributed by atoms with Crippen LogP contribution < -0.4 is 15.4 Å². The quantitative estimate of drug-likeness (QED) is 0.655. The van der Waals surface area contributed by atoms with Crippen LogP contribution in [0.15, 0.2) is 47.2 Å². The van der Waals surface area contributed by atoms with E-state index in [1.807, 2.05) is 0 Å². The van der Waals surface area contributed by atoms with E-state index in [4.69, 9.17) is 4.74 Å². The smallest absolute Gasteiger partial charge is 0.320 e. The Bertz CT molecular complexity index is 736. The molecule has 1 aromatic heterocycles. The molecule has 0 spiro atoms. The van der Waals surface area contributed by atoms with Gasteiger partial charge in [-0.3, -0.25) is 10.3 Å². The Kier molecular flexibility index (Phi) is 9.79. The SMILES string of the molecule is Cl.Cl.O=C(NC(Oc1cccnc1)c1ccc(Br)cc1F)N1CCNCC1. The maximum absolute atomic E-state index is 14.4. The minimum absolute atomic E-state index is 0. The van der Waals surface area contributed by atoms with E-state index in [0.29, 0.717) is 23.3 Å². The Morgan fingerprint density at radius 3 is 2.67 bits per heavy atom. The topological polar surface area (TPSA) is 66.5 Å². The molecule has 10 heteroatoms. The molecule has 1 fully saturated rings. The van der Waals surface area contributed by atoms with Crippen molar-refractivity contribution in [3.05, 3.63) is 58.6 Å². The fourth-order valence-electron chi connectivity index (χ4n) is 2.51. The number of aromatic nitrogens is 1. The number of pyridine rings is 1. The monoisotopic (exact) mass is 480 g/mol. The molecule has 2 aromatic rings. The van der Waals surface area contributed by atoms with Crippen LogP contribution in [0.5, 0.6) is 5.75 Å². The third-order valence-corrected chi connectivity index (χ3v) is 4.29. The highest BCUT2D eigenvalue weighted by molar-refractivity contribution is 9.10. The largest absolute Gasteiger partial charge is 0.465 e. The fraction of sp³-hybridized carbons (Fsp3) is 0.294. The average Bonchev–Trinajstić information content (AvgIpc) is 2.63. The molecule has 6 nitrogen and oxygen atoms in total. The van der Waals surface area contributed by atoms with Crippen LogP contribution in [0.2, 0.25) is 0 Å². The first-order chi connectivity index (χ1) is 12.1. The predicted molar refractivity (Wildman–Crippen MR) is 109 cm³/mol. The third-order valence-electron chi connectivity index (χ3n) is 3.79. The van der Waals surface area contributed by atoms with Gasteiger partial charge in [0.1, 0.15) is 11.6 Å². The summed E-state index contributed by atoms with van der Waals surface area (Å²) in [7, 11) is 0. The number of nitrogens with one attached hydrogen (secondary N) is 2. The lowest BCUT2D eigenvalue weighted by atomic mass is 10.2. The first kappa shape index (κ1) is 23.4. The van der Waals surface area contributed by atoms with Gasteiger partial charge in [0.2, 0.25) is 6.23 Å². The van der Waals surface area contributed by atoms with Crippen molar-refractivity contribution in [1.29, 1.82) is 0 Å². The predicted octanol–water partition coefficient (Wildman–Crippen LogP) is 3.52. The molecule has 0 aliphatic carbocycles. The van der Waals surface area contributed by atoms with Crippen molar-refractivity contribution in [2.24, 2.45) is 0 Å². The summed E-state index contributed by atoms with van der Waals surface area (Å²) in [6.45, 7) is 2.64. The molecule has 2 N–H and O–H groups in total. The summed E-state index contributed by atoms with van der Waals surface area (Å²) in [5.41, 5.74) is 0.246. The molecule has 2 heterocycles. The lowest BCUT2D eigenvalue weighted by molar-refractivity contribution is 0.137. The summed E-state index contributed by atoms with van der Waals surface area (Å²) in [6.07, 6.45) is 2.17. The van der Waals surface area contributed by atoms with Gasteiger partial charge in [-0.05, 0) is 30.3 Å². The van der Waals surface area contributed by atoms with Gasteiger partial charge in [-0.25, -0.2) is 9.18 Å². The highest BCUT2D eigenvalue weighted by Gasteiger charge is 2.24. The molecule has 1 aliphatic rings. The van der Waals surface area contributed by atoms with Crippen molar-refractivity contribution in [2.75, 3.05) is 26.2 Å². The van der Waals surface area contributed by atoms with Gasteiger partial charge in [0.05, 0.1) is 6.20 Å². The van der Waals surface area contributed by atoms with E-state index in [0.717, 1.165) is 13.1 Å². The van der Waals surface area contributed by atoms with Crippen molar-refractivity contribution in [3.8, 4) is 5.75 Å². The Hall–Kier alpha value is -1.61. The number of carbonyl (C=O) groups excluding carboxylic acids is 1. The van der Waals surface area contributed by atoms with Crippen molar-refractivity contribution in [2.45, 2.75) is 6.23 Å². The van der Waals surface area contributed by atoms with Gasteiger partial charge in [-0.2, -0.15) is 0 Å². The number of ether oxygens (including phenoxy) is 1. The van der Waals surface area contributed by atoms with E-state index in [-0.39, 0.29) is 36.4 Å². The first-order valence-corrected chi connectivity index (χ1v) is 8.70. The van der Waals surface area contributed by atoms with E-state index in [1.54, 1.807) is 35.4 Å². The molecular weight excluding hydrogens is 462 g/mol. The number of amides is 2. The second-order valence-corrected chi connectivity index (χ2v) is 6.45. The summed E-state index contributed by atoms with van der Waals surface area (Å²) < 4.78 is 20.8. The highest BCUT2D eigenvalue weighted by atomic mass is 79.9. The summed E-state index contributed by atoms with van der Waals surface area (Å²) in [5, 5.41) is 5.95. The van der Waals surface area contributed by atoms with Crippen LogP contribution >= 0.6 is 40.7 Å². The number of urea groups is 1. The minimum atomic E-state index is -0.959. The zero-order chi connectivity index (χ0) is 17.6. The number of piperazine rings is 1. The molecule has 0 bridgehead atoms. The van der Waals surface area contributed by atoms with E-state index >= 15 is 0 Å². The number of rotatable bonds is 4. The van der Waals surface area contributed by atoms with E-state index in [1.165, 1.54) is 12.3 Å². The summed E-state index contributed by atoms with van der Waals surface area (Å²) in [6, 6.07) is 7.74. The van der Waals surface area contributed by atoms with Crippen LogP contribution in [-0.4, -0.2) is 42.1 Å². The van der Waals surface area contributed by atoms with Gasteiger partial charge in [-0.1, -0.05) is 15.9 Å². The summed E-state index contributed by atoms with van der Waals surface area (Å²) in [5.74, 6) is -0.0284. The fourth-order valence-corrected chi connectivity index (χ4v) is 2.84. The van der Waals surface area contributed by atoms with E-state index in [9.17, 15) is 9.18 Å². The lowest BCUT2D eigenvalue weighted by Crippen LogP contribution is -2.51. The maximum Gasteiger partial charge on any atom is 0.320 e. The molecule has 1 saturated heterocycles. The number of nitrogens with zero attached hydrogens (tertiary/aromatic N) is 2. The van der Waals surface area contributed by atoms with Gasteiger partial charge < -0.3 is 15.0 Å². The molecule has 148 valence electrons. The Morgan fingerprint density at radius 2 is 2.04 bits per heavy atom. The van der Waals surface area contributed by atoms with E-state index < -0.39 is 12.0 Å². The summed E-state index contributed by atoms with van der Waals surface area (Å²) in [4.78, 5) is 18.2. The standard InChI is InChI=1S/C17H18BrFN4O2.2ClH/c18-12-3-4-14(15(19)10-12)16(25-13-2-1-5-21-11-13)22-17(24)23-8-6-20-7-9-23;;/h1-5,10-11,16,20H,6-9H2,(H,22,24);2*1H. The van der Waals surface area contributed by atoms with Crippen LogP contribution in [0.1, 0.15) is 11.8 Å². The van der Waals surface area contributed by atoms with Crippen LogP contribution in [0.25, 0.3) is 0 Å². The molecule has 1 aliphatic heterocycles. The normalized spacial score (nSPS) is 14.4. The van der Waals surface area contributed by atoms with Crippen molar-refractivity contribution >= 4 is 46.8 Å². The molecule has 1 unspecified atom stereocenters. The number of halogens is 4. The van der Waals surface area contributed by atoms with Gasteiger partial charge in [0.15, 0.2) is 0 Å². The Labute approximate surface area is 177 Å². The third kappa shape index (κ3) is 6.49. The molecule has 0 saturated carbocycles. The maximum atomic E-state index is 14.4. The second kappa shape index (κ2) is 11.3.